The van der Waals surface area contributed by atoms with E-state index >= 15 is 0 Å². The van der Waals surface area contributed by atoms with Crippen molar-refractivity contribution in [2.45, 2.75) is 102 Å². The molecule has 0 bridgehead atoms. The molecule has 3 aliphatic rings. The number of hydrogen-bond acceptors (Lipinski definition) is 9. The molecule has 9 atom stereocenters. The average Bonchev–Trinajstić information content (AvgIpc) is 3.68. The summed E-state index contributed by atoms with van der Waals surface area (Å²) in [7, 11) is 0. The summed E-state index contributed by atoms with van der Waals surface area (Å²) in [5.41, 5.74) is -1.58. The van der Waals surface area contributed by atoms with E-state index in [1.54, 1.807) is 0 Å². The minimum atomic E-state index is -0.790. The highest BCUT2D eigenvalue weighted by Crippen LogP contribution is 2.31. The van der Waals surface area contributed by atoms with Crippen molar-refractivity contribution in [3.05, 3.63) is 0 Å². The number of hydrogen-bond donors (Lipinski definition) is 3. The number of aliphatic hydroxyl groups excluding tert-OH is 3. The van der Waals surface area contributed by atoms with Gasteiger partial charge in [0, 0.05) is 57.4 Å². The lowest BCUT2D eigenvalue weighted by Crippen LogP contribution is -2.57. The van der Waals surface area contributed by atoms with Gasteiger partial charge in [0.1, 0.15) is 6.10 Å². The Hall–Kier alpha value is -0.360. The van der Waals surface area contributed by atoms with E-state index in [4.69, 9.17) is 14.2 Å². The average molecular weight is 488 g/mol. The topological polar surface area (TPSA) is 97.4 Å². The molecule has 0 aromatic heterocycles. The zero-order valence-corrected chi connectivity index (χ0v) is 22.3. The maximum atomic E-state index is 10.5. The molecular weight excluding hydrogens is 438 g/mol. The zero-order valence-electron chi connectivity index (χ0n) is 22.3. The molecule has 3 saturated heterocycles. The molecule has 3 N–H and O–H groups in total. The van der Waals surface area contributed by atoms with E-state index in [0.29, 0.717) is 37.8 Å². The summed E-state index contributed by atoms with van der Waals surface area (Å²) < 4.78 is 18.7. The van der Waals surface area contributed by atoms with Crippen LogP contribution in [0.3, 0.4) is 0 Å². The van der Waals surface area contributed by atoms with Gasteiger partial charge in [-0.3, -0.25) is 14.7 Å². The number of β-amino-alcohol motifs (C(OH)–C–C–N with tert-alkyl or cyclic N) is 3. The predicted molar refractivity (Wildman–Crippen MR) is 131 cm³/mol. The van der Waals surface area contributed by atoms with Gasteiger partial charge in [-0.25, -0.2) is 0 Å². The van der Waals surface area contributed by atoms with Crippen LogP contribution in [-0.2, 0) is 14.2 Å². The van der Waals surface area contributed by atoms with E-state index < -0.39 is 35.6 Å². The van der Waals surface area contributed by atoms with Crippen LogP contribution in [0.2, 0.25) is 0 Å². The minimum absolute atomic E-state index is 0.162. The van der Waals surface area contributed by atoms with Crippen LogP contribution in [0.1, 0.15) is 48.5 Å². The molecule has 34 heavy (non-hydrogen) atoms. The number of aliphatic hydroxyl groups is 3. The second kappa shape index (κ2) is 11.4. The highest BCUT2D eigenvalue weighted by Gasteiger charge is 2.45. The lowest BCUT2D eigenvalue weighted by Gasteiger charge is -2.44. The van der Waals surface area contributed by atoms with Gasteiger partial charge in [-0.15, -0.1) is 0 Å². The number of nitrogens with zero attached hydrogens (tertiary/aromatic N) is 3. The van der Waals surface area contributed by atoms with Crippen molar-refractivity contribution in [3.8, 4) is 0 Å². The molecular formula is C25H49N3O6. The molecule has 0 saturated carbocycles. The first-order chi connectivity index (χ1) is 15.8. The van der Waals surface area contributed by atoms with Crippen LogP contribution in [0.4, 0.5) is 0 Å². The third-order valence-electron chi connectivity index (χ3n) is 7.31. The molecule has 0 aromatic rings. The van der Waals surface area contributed by atoms with Crippen molar-refractivity contribution < 1.29 is 29.5 Å². The molecule has 9 heteroatoms. The van der Waals surface area contributed by atoms with Crippen LogP contribution < -0.4 is 0 Å². The molecule has 200 valence electrons. The van der Waals surface area contributed by atoms with Crippen LogP contribution in [-0.4, -0.2) is 143 Å². The smallest absolute Gasteiger partial charge is 0.114 e. The molecule has 3 aliphatic heterocycles. The Kier molecular flexibility index (Phi) is 9.42. The van der Waals surface area contributed by atoms with Crippen molar-refractivity contribution >= 4 is 0 Å². The summed E-state index contributed by atoms with van der Waals surface area (Å²) in [5.74, 6) is 0. The van der Waals surface area contributed by atoms with E-state index in [0.717, 1.165) is 19.6 Å². The molecule has 0 aromatic carbocycles. The van der Waals surface area contributed by atoms with Crippen LogP contribution in [0.5, 0.6) is 0 Å². The molecule has 3 heterocycles. The molecule has 3 fully saturated rings. The lowest BCUT2D eigenvalue weighted by molar-refractivity contribution is -0.225. The molecule has 0 amide bonds. The largest absolute Gasteiger partial charge is 0.389 e. The van der Waals surface area contributed by atoms with E-state index in [1.165, 1.54) is 0 Å². The summed E-state index contributed by atoms with van der Waals surface area (Å²) in [6.45, 7) is 19.5. The standard InChI is InChI=1S/C25H49N3O6/c1-17-8-26(17)11-20(29)14-32-23(24(4,5)33-15-21(30)12-27-9-18(27)2)25(6,7)34-16-22(31)13-28-10-19(28)3/h17-23,29-31H,8-16H2,1-7H3. The van der Waals surface area contributed by atoms with Gasteiger partial charge < -0.3 is 29.5 Å². The van der Waals surface area contributed by atoms with E-state index in [-0.39, 0.29) is 19.8 Å². The molecule has 9 unspecified atom stereocenters. The predicted octanol–water partition coefficient (Wildman–Crippen LogP) is 0.157. The number of rotatable bonds is 17. The fraction of sp³-hybridized carbons (Fsp3) is 1.00. The fourth-order valence-electron chi connectivity index (χ4n) is 4.83. The monoisotopic (exact) mass is 487 g/mol. The van der Waals surface area contributed by atoms with E-state index in [1.807, 2.05) is 27.7 Å². The minimum Gasteiger partial charge on any atom is -0.389 e. The highest BCUT2D eigenvalue weighted by atomic mass is 16.6. The first-order valence-electron chi connectivity index (χ1n) is 12.9. The Balaban J connectivity index is 1.56. The Bertz CT molecular complexity index is 610. The quantitative estimate of drug-likeness (QED) is 0.248. The maximum absolute atomic E-state index is 10.5. The van der Waals surface area contributed by atoms with Crippen molar-refractivity contribution in [3.63, 3.8) is 0 Å². The normalized spacial score (nSPS) is 34.4. The molecule has 0 aliphatic carbocycles. The van der Waals surface area contributed by atoms with Crippen molar-refractivity contribution in [2.24, 2.45) is 0 Å². The van der Waals surface area contributed by atoms with Gasteiger partial charge in [0.25, 0.3) is 0 Å². The Morgan fingerprint density at radius 1 is 0.647 bits per heavy atom. The second-order valence-corrected chi connectivity index (χ2v) is 11.9. The van der Waals surface area contributed by atoms with Crippen molar-refractivity contribution in [2.75, 3.05) is 59.1 Å². The fourth-order valence-corrected chi connectivity index (χ4v) is 4.83. The zero-order chi connectivity index (χ0) is 25.3. The number of ether oxygens (including phenoxy) is 3. The van der Waals surface area contributed by atoms with Gasteiger partial charge >= 0.3 is 0 Å². The maximum Gasteiger partial charge on any atom is 0.114 e. The third kappa shape index (κ3) is 8.64. The van der Waals surface area contributed by atoms with Crippen LogP contribution in [0, 0.1) is 0 Å². The van der Waals surface area contributed by atoms with Crippen LogP contribution in [0.25, 0.3) is 0 Å². The van der Waals surface area contributed by atoms with E-state index in [2.05, 4.69) is 35.5 Å². The Morgan fingerprint density at radius 2 is 0.941 bits per heavy atom. The summed E-state index contributed by atoms with van der Waals surface area (Å²) in [4.78, 5) is 6.59. The first-order valence-corrected chi connectivity index (χ1v) is 12.9. The Morgan fingerprint density at radius 3 is 1.24 bits per heavy atom. The first kappa shape index (κ1) is 28.2. The van der Waals surface area contributed by atoms with Gasteiger partial charge in [-0.1, -0.05) is 0 Å². The van der Waals surface area contributed by atoms with Gasteiger partial charge in [-0.05, 0) is 48.5 Å². The Labute approximate surface area is 205 Å². The lowest BCUT2D eigenvalue weighted by atomic mass is 9.87. The molecule has 0 spiro atoms. The van der Waals surface area contributed by atoms with Gasteiger partial charge in [-0.2, -0.15) is 0 Å². The summed E-state index contributed by atoms with van der Waals surface area (Å²) >= 11 is 0. The summed E-state index contributed by atoms with van der Waals surface area (Å²) in [6, 6.07) is 1.57. The van der Waals surface area contributed by atoms with Crippen LogP contribution >= 0.6 is 0 Å². The third-order valence-corrected chi connectivity index (χ3v) is 7.31. The molecule has 9 nitrogen and oxygen atoms in total. The van der Waals surface area contributed by atoms with Gasteiger partial charge in [0.15, 0.2) is 0 Å². The summed E-state index contributed by atoms with van der Waals surface area (Å²) in [6.07, 6.45) is -2.30. The van der Waals surface area contributed by atoms with Gasteiger partial charge in [0.2, 0.25) is 0 Å². The molecule has 3 rings (SSSR count). The van der Waals surface area contributed by atoms with E-state index in [9.17, 15) is 15.3 Å². The van der Waals surface area contributed by atoms with Gasteiger partial charge in [0.05, 0.1) is 49.3 Å². The van der Waals surface area contributed by atoms with Crippen molar-refractivity contribution in [1.82, 2.24) is 14.7 Å². The van der Waals surface area contributed by atoms with Crippen LogP contribution in [0.15, 0.2) is 0 Å². The highest BCUT2D eigenvalue weighted by molar-refractivity contribution is 4.95. The molecule has 0 radical (unpaired) electrons. The summed E-state index contributed by atoms with van der Waals surface area (Å²) in [5, 5.41) is 31.4. The second-order valence-electron chi connectivity index (χ2n) is 11.9. The SMILES string of the molecule is CC1CN1CC(O)COC(C(C)(C)OCC(O)CN1CC1C)C(C)(C)OCC(O)CN1CC1C. The van der Waals surface area contributed by atoms with Crippen molar-refractivity contribution in [1.29, 1.82) is 0 Å².